The minimum Gasteiger partial charge on any atom is -0.338 e. The number of nitrogens with one attached hydrogen (secondary N) is 1. The van der Waals surface area contributed by atoms with Crippen molar-refractivity contribution >= 4 is 17.8 Å². The number of aliphatic imine (C=N–C) groups is 1. The Morgan fingerprint density at radius 1 is 1.09 bits per heavy atom. The predicted octanol–water partition coefficient (Wildman–Crippen LogP) is 4.01. The highest BCUT2D eigenvalue weighted by molar-refractivity contribution is 5.82. The fraction of sp³-hybridized carbons (Fsp3) is 0.333. The highest BCUT2D eigenvalue weighted by Crippen LogP contribution is 2.51. The van der Waals surface area contributed by atoms with Crippen molar-refractivity contribution in [3.05, 3.63) is 93.2 Å². The van der Waals surface area contributed by atoms with Crippen LogP contribution in [0.3, 0.4) is 0 Å². The maximum Gasteiger partial charge on any atom is 0.256 e. The zero-order chi connectivity index (χ0) is 22.4. The molecular formula is C27H26N4O2. The van der Waals surface area contributed by atoms with Gasteiger partial charge in [0, 0.05) is 31.5 Å². The summed E-state index contributed by atoms with van der Waals surface area (Å²) in [4.78, 5) is 40.2. The molecule has 6 rings (SSSR count). The molecule has 0 spiro atoms. The summed E-state index contributed by atoms with van der Waals surface area (Å²) in [6.45, 7) is 0.944. The summed E-state index contributed by atoms with van der Waals surface area (Å²) in [6, 6.07) is 18.4. The van der Waals surface area contributed by atoms with Crippen molar-refractivity contribution in [2.75, 3.05) is 6.54 Å². The number of H-pyrrole nitrogens is 1. The van der Waals surface area contributed by atoms with E-state index in [1.807, 2.05) is 42.6 Å². The molecule has 1 aliphatic carbocycles. The van der Waals surface area contributed by atoms with E-state index in [1.54, 1.807) is 4.90 Å². The summed E-state index contributed by atoms with van der Waals surface area (Å²) in [5, 5.41) is 0. The van der Waals surface area contributed by atoms with Crippen LogP contribution in [0.25, 0.3) is 0 Å². The summed E-state index contributed by atoms with van der Waals surface area (Å²) in [5.74, 6) is 1.05. The molecule has 2 aliphatic heterocycles. The molecule has 0 bridgehead atoms. The van der Waals surface area contributed by atoms with Gasteiger partial charge in [-0.2, -0.15) is 0 Å². The average Bonchev–Trinajstić information content (AvgIpc) is 3.57. The number of benzene rings is 2. The lowest BCUT2D eigenvalue weighted by atomic mass is 9.94. The number of para-hydroxylation sites is 1. The summed E-state index contributed by atoms with van der Waals surface area (Å²) in [5.41, 5.74) is 4.60. The number of rotatable bonds is 5. The maximum absolute atomic E-state index is 13.0. The average molecular weight is 439 g/mol. The third-order valence-corrected chi connectivity index (χ3v) is 7.35. The van der Waals surface area contributed by atoms with Crippen LogP contribution in [0.4, 0.5) is 5.69 Å². The molecule has 0 radical (unpaired) electrons. The number of fused-ring (bicyclic) bond motifs is 2. The molecule has 3 aliphatic rings. The zero-order valence-electron chi connectivity index (χ0n) is 18.5. The van der Waals surface area contributed by atoms with Gasteiger partial charge >= 0.3 is 0 Å². The third-order valence-electron chi connectivity index (χ3n) is 7.35. The van der Waals surface area contributed by atoms with Crippen molar-refractivity contribution < 1.29 is 4.79 Å². The van der Waals surface area contributed by atoms with Gasteiger partial charge in [-0.25, -0.2) is 4.98 Å². The van der Waals surface area contributed by atoms with Crippen LogP contribution in [0.2, 0.25) is 0 Å². The van der Waals surface area contributed by atoms with Crippen LogP contribution >= 0.6 is 0 Å². The molecule has 1 aromatic heterocycles. The highest BCUT2D eigenvalue weighted by atomic mass is 16.2. The molecule has 166 valence electrons. The van der Waals surface area contributed by atoms with Crippen molar-refractivity contribution in [2.45, 2.75) is 50.0 Å². The minimum atomic E-state index is -0.165. The number of amides is 1. The molecule has 3 aromatic rings. The molecule has 2 aromatic carbocycles. The highest BCUT2D eigenvalue weighted by Gasteiger charge is 2.48. The number of carbonyl (C=O) groups is 1. The van der Waals surface area contributed by atoms with Crippen molar-refractivity contribution in [3.63, 3.8) is 0 Å². The van der Waals surface area contributed by atoms with Gasteiger partial charge < -0.3 is 9.88 Å². The summed E-state index contributed by atoms with van der Waals surface area (Å²) in [6.07, 6.45) is 5.74. The van der Waals surface area contributed by atoms with Gasteiger partial charge in [0.25, 0.3) is 5.56 Å². The van der Waals surface area contributed by atoms with Crippen molar-refractivity contribution in [3.8, 4) is 0 Å². The lowest BCUT2D eigenvalue weighted by Gasteiger charge is -2.29. The zero-order valence-corrected chi connectivity index (χ0v) is 18.5. The van der Waals surface area contributed by atoms with Gasteiger partial charge in [-0.15, -0.1) is 0 Å². The van der Waals surface area contributed by atoms with Gasteiger partial charge in [0.05, 0.1) is 28.9 Å². The largest absolute Gasteiger partial charge is 0.338 e. The van der Waals surface area contributed by atoms with Crippen LogP contribution in [0.15, 0.2) is 64.4 Å². The Labute approximate surface area is 192 Å². The van der Waals surface area contributed by atoms with Crippen LogP contribution in [-0.4, -0.2) is 33.5 Å². The monoisotopic (exact) mass is 438 g/mol. The molecule has 1 N–H and O–H groups in total. The quantitative estimate of drug-likeness (QED) is 0.654. The van der Waals surface area contributed by atoms with Gasteiger partial charge in [-0.1, -0.05) is 48.5 Å². The molecule has 0 saturated heterocycles. The summed E-state index contributed by atoms with van der Waals surface area (Å²) >= 11 is 0. The van der Waals surface area contributed by atoms with E-state index < -0.39 is 0 Å². The van der Waals surface area contributed by atoms with Crippen LogP contribution < -0.4 is 5.56 Å². The number of aromatic amines is 1. The van der Waals surface area contributed by atoms with E-state index in [4.69, 9.17) is 4.98 Å². The first-order valence-corrected chi connectivity index (χ1v) is 11.7. The molecule has 6 heteroatoms. The van der Waals surface area contributed by atoms with Crippen LogP contribution in [0, 0.1) is 0 Å². The van der Waals surface area contributed by atoms with Crippen LogP contribution in [0.1, 0.15) is 59.8 Å². The lowest BCUT2D eigenvalue weighted by molar-refractivity contribution is -0.132. The number of hydrogen-bond donors (Lipinski definition) is 1. The molecule has 1 atom stereocenters. The molecule has 6 nitrogen and oxygen atoms in total. The third kappa shape index (κ3) is 3.50. The Hall–Kier alpha value is -3.54. The molecule has 1 saturated carbocycles. The van der Waals surface area contributed by atoms with Crippen molar-refractivity contribution in [1.29, 1.82) is 0 Å². The standard InChI is InChI=1S/C27H26N4O2/c32-24(11-10-18-16-28-22-9-5-4-8-20(18)22)31-15-12-23-21(17-31)25(33)30-26(29-23)27(13-14-27)19-6-2-1-3-7-19/h1-9,16,18H,10-15,17H2,(H,29,30,33). The molecule has 3 heterocycles. The van der Waals surface area contributed by atoms with Gasteiger partial charge in [0.1, 0.15) is 5.82 Å². The van der Waals surface area contributed by atoms with E-state index in [2.05, 4.69) is 28.2 Å². The lowest BCUT2D eigenvalue weighted by Crippen LogP contribution is -2.40. The van der Waals surface area contributed by atoms with Crippen LogP contribution in [-0.2, 0) is 23.2 Å². The second kappa shape index (κ2) is 7.80. The summed E-state index contributed by atoms with van der Waals surface area (Å²) < 4.78 is 0. The predicted molar refractivity (Wildman–Crippen MR) is 127 cm³/mol. The number of carbonyl (C=O) groups excluding carboxylic acids is 1. The van der Waals surface area contributed by atoms with Gasteiger partial charge in [0.15, 0.2) is 0 Å². The number of nitrogens with zero attached hydrogens (tertiary/aromatic N) is 3. The molecule has 1 unspecified atom stereocenters. The topological polar surface area (TPSA) is 78.4 Å². The molecular weight excluding hydrogens is 412 g/mol. The fourth-order valence-electron chi connectivity index (χ4n) is 5.25. The smallest absolute Gasteiger partial charge is 0.256 e. The number of aromatic nitrogens is 2. The normalized spacial score (nSPS) is 19.8. The molecule has 1 amide bonds. The molecule has 1 fully saturated rings. The Kier molecular flexibility index (Phi) is 4.75. The number of hydrogen-bond acceptors (Lipinski definition) is 4. The summed E-state index contributed by atoms with van der Waals surface area (Å²) in [7, 11) is 0. The van der Waals surface area contributed by atoms with E-state index in [1.165, 1.54) is 11.1 Å². The Morgan fingerprint density at radius 2 is 1.88 bits per heavy atom. The van der Waals surface area contributed by atoms with Gasteiger partial charge in [-0.3, -0.25) is 14.6 Å². The minimum absolute atomic E-state index is 0.0878. The van der Waals surface area contributed by atoms with E-state index in [0.29, 0.717) is 31.5 Å². The van der Waals surface area contributed by atoms with E-state index in [9.17, 15) is 9.59 Å². The first-order valence-electron chi connectivity index (χ1n) is 11.7. The Morgan fingerprint density at radius 3 is 2.70 bits per heavy atom. The van der Waals surface area contributed by atoms with Crippen LogP contribution in [0.5, 0.6) is 0 Å². The second-order valence-electron chi connectivity index (χ2n) is 9.34. The van der Waals surface area contributed by atoms with Gasteiger partial charge in [0.2, 0.25) is 5.91 Å². The first-order chi connectivity index (χ1) is 16.1. The van der Waals surface area contributed by atoms with E-state index in [0.717, 1.165) is 36.5 Å². The van der Waals surface area contributed by atoms with E-state index in [-0.39, 0.29) is 22.8 Å². The first kappa shape index (κ1) is 20.1. The maximum atomic E-state index is 13.0. The van der Waals surface area contributed by atoms with E-state index >= 15 is 0 Å². The molecule has 33 heavy (non-hydrogen) atoms. The van der Waals surface area contributed by atoms with Crippen molar-refractivity contribution in [2.24, 2.45) is 4.99 Å². The Bertz CT molecular complexity index is 1310. The second-order valence-corrected chi connectivity index (χ2v) is 9.34. The Balaban J connectivity index is 1.16. The van der Waals surface area contributed by atoms with Crippen molar-refractivity contribution in [1.82, 2.24) is 14.9 Å². The SMILES string of the molecule is O=C(CCC1C=Nc2ccccc21)N1CCc2nc(C3(c4ccccc4)CC3)[nH]c(=O)c2C1. The fourth-order valence-corrected chi connectivity index (χ4v) is 5.25. The van der Waals surface area contributed by atoms with Gasteiger partial charge in [-0.05, 0) is 36.5 Å².